The molecular weight excluding hydrogens is 196 g/mol. The molecule has 0 unspecified atom stereocenters. The van der Waals surface area contributed by atoms with Crippen LogP contribution in [0.15, 0.2) is 36.4 Å². The molecule has 0 amide bonds. The van der Waals surface area contributed by atoms with E-state index in [0.717, 1.165) is 27.8 Å². The van der Waals surface area contributed by atoms with E-state index in [4.69, 9.17) is 0 Å². The second-order valence-corrected chi connectivity index (χ2v) is 4.30. The van der Waals surface area contributed by atoms with E-state index in [2.05, 4.69) is 12.1 Å². The lowest BCUT2D eigenvalue weighted by atomic mass is 9.98. The number of ketones is 1. The van der Waals surface area contributed by atoms with Crippen LogP contribution in [-0.4, -0.2) is 5.78 Å². The molecule has 2 aromatic carbocycles. The van der Waals surface area contributed by atoms with Gasteiger partial charge in [0.15, 0.2) is 5.78 Å². The number of carbonyl (C=O) groups is 1. The van der Waals surface area contributed by atoms with E-state index in [0.29, 0.717) is 0 Å². The molecule has 1 nitrogen and oxygen atoms in total. The first-order chi connectivity index (χ1) is 7.70. The summed E-state index contributed by atoms with van der Waals surface area (Å²) in [6.07, 6.45) is 0. The summed E-state index contributed by atoms with van der Waals surface area (Å²) in [5, 5.41) is 0. The summed E-state index contributed by atoms with van der Waals surface area (Å²) in [6, 6.07) is 12.0. The average molecular weight is 208 g/mol. The Balaban J connectivity index is 2.42. The van der Waals surface area contributed by atoms with E-state index in [-0.39, 0.29) is 5.78 Å². The smallest absolute Gasteiger partial charge is 0.194 e. The summed E-state index contributed by atoms with van der Waals surface area (Å²) >= 11 is 0. The van der Waals surface area contributed by atoms with Gasteiger partial charge in [-0.25, -0.2) is 0 Å². The van der Waals surface area contributed by atoms with Crippen LogP contribution in [-0.2, 0) is 0 Å². The summed E-state index contributed by atoms with van der Waals surface area (Å²) < 4.78 is 0. The number of aryl methyl sites for hydroxylation is 1. The van der Waals surface area contributed by atoms with Gasteiger partial charge in [0.1, 0.15) is 0 Å². The van der Waals surface area contributed by atoms with Crippen LogP contribution in [0.1, 0.15) is 27.0 Å². The van der Waals surface area contributed by atoms with Crippen molar-refractivity contribution >= 4 is 5.78 Å². The molecule has 16 heavy (non-hydrogen) atoms. The number of rotatable bonds is 0. The molecule has 1 aliphatic carbocycles. The third-order valence-corrected chi connectivity index (χ3v) is 3.42. The Labute approximate surface area is 94.7 Å². The molecule has 0 N–H and O–H groups in total. The van der Waals surface area contributed by atoms with Gasteiger partial charge in [-0.3, -0.25) is 4.79 Å². The number of benzene rings is 2. The van der Waals surface area contributed by atoms with Crippen molar-refractivity contribution in [3.63, 3.8) is 0 Å². The first-order valence-electron chi connectivity index (χ1n) is 5.44. The SMILES string of the molecule is Cc1ccc2c(c1C)C(=O)c1ccccc1-2. The zero-order valence-electron chi connectivity index (χ0n) is 9.37. The molecular formula is C15H12O. The fourth-order valence-corrected chi connectivity index (χ4v) is 2.38. The lowest BCUT2D eigenvalue weighted by molar-refractivity contribution is 0.104. The molecule has 0 heterocycles. The van der Waals surface area contributed by atoms with Gasteiger partial charge >= 0.3 is 0 Å². The first kappa shape index (κ1) is 9.34. The van der Waals surface area contributed by atoms with Crippen molar-refractivity contribution in [2.75, 3.05) is 0 Å². The Bertz CT molecular complexity index is 609. The fourth-order valence-electron chi connectivity index (χ4n) is 2.38. The molecule has 1 aliphatic rings. The maximum absolute atomic E-state index is 12.3. The van der Waals surface area contributed by atoms with E-state index >= 15 is 0 Å². The van der Waals surface area contributed by atoms with Gasteiger partial charge in [0.25, 0.3) is 0 Å². The second kappa shape index (κ2) is 3.05. The lowest BCUT2D eigenvalue weighted by Crippen LogP contribution is -1.99. The molecule has 0 spiro atoms. The van der Waals surface area contributed by atoms with Crippen molar-refractivity contribution in [3.05, 3.63) is 58.7 Å². The van der Waals surface area contributed by atoms with Gasteiger partial charge in [-0.2, -0.15) is 0 Å². The highest BCUT2D eigenvalue weighted by molar-refractivity contribution is 6.22. The van der Waals surface area contributed by atoms with Crippen LogP contribution < -0.4 is 0 Å². The van der Waals surface area contributed by atoms with Gasteiger partial charge in [-0.1, -0.05) is 36.4 Å². The van der Waals surface area contributed by atoms with Crippen molar-refractivity contribution < 1.29 is 4.79 Å². The summed E-state index contributed by atoms with van der Waals surface area (Å²) in [5.41, 5.74) is 6.18. The van der Waals surface area contributed by atoms with Crippen molar-refractivity contribution in [2.45, 2.75) is 13.8 Å². The third-order valence-electron chi connectivity index (χ3n) is 3.42. The molecule has 0 saturated heterocycles. The summed E-state index contributed by atoms with van der Waals surface area (Å²) in [6.45, 7) is 4.07. The minimum atomic E-state index is 0.173. The highest BCUT2D eigenvalue weighted by atomic mass is 16.1. The average Bonchev–Trinajstić information content (AvgIpc) is 2.59. The molecule has 0 fully saturated rings. The molecule has 0 atom stereocenters. The molecule has 0 radical (unpaired) electrons. The first-order valence-corrected chi connectivity index (χ1v) is 5.44. The molecule has 0 bridgehead atoms. The maximum Gasteiger partial charge on any atom is 0.194 e. The van der Waals surface area contributed by atoms with Crippen LogP contribution in [0.25, 0.3) is 11.1 Å². The van der Waals surface area contributed by atoms with Crippen LogP contribution in [0.5, 0.6) is 0 Å². The van der Waals surface area contributed by atoms with Gasteiger partial charge in [-0.15, -0.1) is 0 Å². The van der Waals surface area contributed by atoms with Crippen molar-refractivity contribution in [3.8, 4) is 11.1 Å². The lowest BCUT2D eigenvalue weighted by Gasteiger charge is -2.05. The predicted octanol–water partition coefficient (Wildman–Crippen LogP) is 3.51. The van der Waals surface area contributed by atoms with Crippen LogP contribution in [0.3, 0.4) is 0 Å². The quantitative estimate of drug-likeness (QED) is 0.552. The standard InChI is InChI=1S/C15H12O/c1-9-7-8-12-11-5-3-4-6-13(11)15(16)14(12)10(9)2/h3-8H,1-2H3. The Morgan fingerprint density at radius 3 is 2.25 bits per heavy atom. The van der Waals surface area contributed by atoms with Crippen LogP contribution in [0.2, 0.25) is 0 Å². The van der Waals surface area contributed by atoms with Crippen molar-refractivity contribution in [1.82, 2.24) is 0 Å². The molecule has 3 rings (SSSR count). The van der Waals surface area contributed by atoms with E-state index in [9.17, 15) is 4.79 Å². The summed E-state index contributed by atoms with van der Waals surface area (Å²) in [7, 11) is 0. The second-order valence-electron chi connectivity index (χ2n) is 4.30. The van der Waals surface area contributed by atoms with Gasteiger partial charge in [0.05, 0.1) is 0 Å². The summed E-state index contributed by atoms with van der Waals surface area (Å²) in [5.74, 6) is 0.173. The monoisotopic (exact) mass is 208 g/mol. The number of carbonyl (C=O) groups excluding carboxylic acids is 1. The normalized spacial score (nSPS) is 12.5. The largest absolute Gasteiger partial charge is 0.289 e. The zero-order valence-corrected chi connectivity index (χ0v) is 9.37. The number of fused-ring (bicyclic) bond motifs is 3. The topological polar surface area (TPSA) is 17.1 Å². The highest BCUT2D eigenvalue weighted by Crippen LogP contribution is 2.38. The van der Waals surface area contributed by atoms with E-state index < -0.39 is 0 Å². The Kier molecular flexibility index (Phi) is 1.78. The van der Waals surface area contributed by atoms with E-state index in [1.165, 1.54) is 5.56 Å². The molecule has 1 heteroatoms. The third kappa shape index (κ3) is 1.03. The molecule has 2 aromatic rings. The van der Waals surface area contributed by atoms with Crippen LogP contribution >= 0.6 is 0 Å². The van der Waals surface area contributed by atoms with Gasteiger partial charge in [0, 0.05) is 11.1 Å². The molecule has 0 aliphatic heterocycles. The Morgan fingerprint density at radius 1 is 0.812 bits per heavy atom. The molecule has 0 saturated carbocycles. The minimum Gasteiger partial charge on any atom is -0.289 e. The zero-order chi connectivity index (χ0) is 11.3. The van der Waals surface area contributed by atoms with Crippen LogP contribution in [0.4, 0.5) is 0 Å². The molecule has 78 valence electrons. The number of hydrogen-bond acceptors (Lipinski definition) is 1. The molecule has 0 aromatic heterocycles. The highest BCUT2D eigenvalue weighted by Gasteiger charge is 2.27. The fraction of sp³-hybridized carbons (Fsp3) is 0.133. The van der Waals surface area contributed by atoms with Crippen molar-refractivity contribution in [2.24, 2.45) is 0 Å². The Hall–Kier alpha value is -1.89. The van der Waals surface area contributed by atoms with E-state index in [1.807, 2.05) is 38.1 Å². The van der Waals surface area contributed by atoms with Crippen LogP contribution in [0, 0.1) is 13.8 Å². The minimum absolute atomic E-state index is 0.173. The van der Waals surface area contributed by atoms with E-state index in [1.54, 1.807) is 0 Å². The predicted molar refractivity (Wildman–Crippen MR) is 64.8 cm³/mol. The number of hydrogen-bond donors (Lipinski definition) is 0. The maximum atomic E-state index is 12.3. The van der Waals surface area contributed by atoms with Gasteiger partial charge in [0.2, 0.25) is 0 Å². The summed E-state index contributed by atoms with van der Waals surface area (Å²) in [4.78, 5) is 12.3. The van der Waals surface area contributed by atoms with Crippen molar-refractivity contribution in [1.29, 1.82) is 0 Å². The van der Waals surface area contributed by atoms with Gasteiger partial charge < -0.3 is 0 Å². The Morgan fingerprint density at radius 2 is 1.50 bits per heavy atom. The van der Waals surface area contributed by atoms with Gasteiger partial charge in [-0.05, 0) is 36.1 Å².